The van der Waals surface area contributed by atoms with Crippen molar-refractivity contribution in [3.05, 3.63) is 38.3 Å². The largest absolute Gasteiger partial charge is 0.351 e. The maximum Gasteiger partial charge on any atom is 0.284 e. The number of hydrogen-bond acceptors (Lipinski definition) is 4. The van der Waals surface area contributed by atoms with Crippen LogP contribution in [0.4, 0.5) is 5.69 Å². The molecule has 0 heterocycles. The second-order valence-electron chi connectivity index (χ2n) is 3.58. The molecule has 0 aliphatic heterocycles. The lowest BCUT2D eigenvalue weighted by Crippen LogP contribution is -2.28. The Balaban J connectivity index is 2.75. The molecule has 0 fully saturated rings. The molecule has 1 N–H and O–H groups in total. The van der Waals surface area contributed by atoms with E-state index in [9.17, 15) is 19.1 Å². The van der Waals surface area contributed by atoms with Crippen molar-refractivity contribution in [2.45, 2.75) is 6.92 Å². The van der Waals surface area contributed by atoms with Crippen LogP contribution in [0.1, 0.15) is 17.3 Å². The molecule has 0 spiro atoms. The summed E-state index contributed by atoms with van der Waals surface area (Å²) < 4.78 is 11.3. The van der Waals surface area contributed by atoms with E-state index in [0.717, 1.165) is 0 Å². The van der Waals surface area contributed by atoms with Gasteiger partial charge in [-0.25, -0.2) is 0 Å². The Morgan fingerprint density at radius 2 is 2.21 bits per heavy atom. The van der Waals surface area contributed by atoms with E-state index in [0.29, 0.717) is 11.5 Å². The summed E-state index contributed by atoms with van der Waals surface area (Å²) >= 11 is 3.05. The van der Waals surface area contributed by atoms with E-state index in [2.05, 4.69) is 21.2 Å². The van der Waals surface area contributed by atoms with E-state index < -0.39 is 21.6 Å². The number of carbonyl (C=O) groups excluding carboxylic acids is 1. The second-order valence-corrected chi connectivity index (χ2v) is 6.24. The Morgan fingerprint density at radius 3 is 2.79 bits per heavy atom. The average Bonchev–Trinajstić information content (AvgIpc) is 2.38. The number of carbonyl (C=O) groups is 1. The third-order valence-electron chi connectivity index (χ3n) is 2.36. The second kappa shape index (κ2) is 7.34. The molecule has 1 aromatic carbocycles. The molecular weight excluding hydrogens is 336 g/mol. The van der Waals surface area contributed by atoms with Crippen molar-refractivity contribution in [1.82, 2.24) is 5.32 Å². The summed E-state index contributed by atoms with van der Waals surface area (Å²) in [6.45, 7) is 2.07. The van der Waals surface area contributed by atoms with Crippen molar-refractivity contribution in [2.24, 2.45) is 0 Å². The fraction of sp³-hybridized carbons (Fsp3) is 0.364. The van der Waals surface area contributed by atoms with E-state index in [4.69, 9.17) is 0 Å². The molecular formula is C11H13BrN2O4S. The van der Waals surface area contributed by atoms with Gasteiger partial charge in [0.25, 0.3) is 11.6 Å². The van der Waals surface area contributed by atoms with Gasteiger partial charge in [0, 0.05) is 34.9 Å². The molecule has 8 heteroatoms. The fourth-order valence-electron chi connectivity index (χ4n) is 1.35. The zero-order valence-corrected chi connectivity index (χ0v) is 12.6. The molecule has 1 amide bonds. The van der Waals surface area contributed by atoms with Gasteiger partial charge in [-0.15, -0.1) is 0 Å². The molecule has 1 rings (SSSR count). The predicted molar refractivity (Wildman–Crippen MR) is 76.7 cm³/mol. The van der Waals surface area contributed by atoms with Crippen LogP contribution in [-0.2, 0) is 10.8 Å². The Bertz CT molecular complexity index is 521. The van der Waals surface area contributed by atoms with E-state index >= 15 is 0 Å². The van der Waals surface area contributed by atoms with Crippen molar-refractivity contribution in [2.75, 3.05) is 18.1 Å². The van der Waals surface area contributed by atoms with Gasteiger partial charge in [-0.2, -0.15) is 0 Å². The van der Waals surface area contributed by atoms with Crippen molar-refractivity contribution in [1.29, 1.82) is 0 Å². The number of hydrogen-bond donors (Lipinski definition) is 1. The minimum Gasteiger partial charge on any atom is -0.351 e. The first kappa shape index (κ1) is 15.8. The van der Waals surface area contributed by atoms with E-state index in [1.54, 1.807) is 6.92 Å². The van der Waals surface area contributed by atoms with Gasteiger partial charge in [0.05, 0.1) is 10.5 Å². The Hall–Kier alpha value is -1.28. The summed E-state index contributed by atoms with van der Waals surface area (Å²) in [6, 6.07) is 4.25. The quantitative estimate of drug-likeness (QED) is 0.627. The molecule has 104 valence electrons. The normalized spacial score (nSPS) is 11.9. The number of nitro groups is 1. The van der Waals surface area contributed by atoms with Crippen molar-refractivity contribution in [3.63, 3.8) is 0 Å². The fourth-order valence-corrected chi connectivity index (χ4v) is 2.56. The van der Waals surface area contributed by atoms with Gasteiger partial charge in [-0.3, -0.25) is 19.1 Å². The number of halogens is 1. The molecule has 0 bridgehead atoms. The van der Waals surface area contributed by atoms with Crippen LogP contribution in [0.3, 0.4) is 0 Å². The van der Waals surface area contributed by atoms with Crippen LogP contribution in [0.15, 0.2) is 22.7 Å². The zero-order valence-electron chi connectivity index (χ0n) is 10.2. The van der Waals surface area contributed by atoms with Crippen molar-refractivity contribution < 1.29 is 13.9 Å². The lowest BCUT2D eigenvalue weighted by atomic mass is 10.2. The zero-order chi connectivity index (χ0) is 14.4. The molecule has 0 saturated carbocycles. The first-order valence-electron chi connectivity index (χ1n) is 5.53. The average molecular weight is 349 g/mol. The Kier molecular flexibility index (Phi) is 6.10. The van der Waals surface area contributed by atoms with Crippen LogP contribution >= 0.6 is 15.9 Å². The van der Waals surface area contributed by atoms with Gasteiger partial charge in [-0.05, 0) is 22.0 Å². The van der Waals surface area contributed by atoms with Crippen molar-refractivity contribution >= 4 is 38.3 Å². The standard InChI is InChI=1S/C11H13BrN2O4S/c1-2-19(18)7-6-13-11(15)8-4-3-5-9(10(8)12)14(16)17/h3-5H,2,6-7H2,1H3,(H,13,15). The van der Waals surface area contributed by atoms with Crippen LogP contribution in [0.5, 0.6) is 0 Å². The molecule has 1 unspecified atom stereocenters. The first-order valence-corrected chi connectivity index (χ1v) is 7.81. The Morgan fingerprint density at radius 1 is 1.53 bits per heavy atom. The molecule has 0 aromatic heterocycles. The van der Waals surface area contributed by atoms with Gasteiger partial charge in [-0.1, -0.05) is 13.0 Å². The highest BCUT2D eigenvalue weighted by Crippen LogP contribution is 2.28. The van der Waals surface area contributed by atoms with Gasteiger partial charge >= 0.3 is 0 Å². The maximum atomic E-state index is 11.8. The van der Waals surface area contributed by atoms with Crippen LogP contribution in [0.2, 0.25) is 0 Å². The summed E-state index contributed by atoms with van der Waals surface area (Å²) in [4.78, 5) is 22.0. The molecule has 0 radical (unpaired) electrons. The highest BCUT2D eigenvalue weighted by molar-refractivity contribution is 9.10. The molecule has 6 nitrogen and oxygen atoms in total. The van der Waals surface area contributed by atoms with Crippen LogP contribution in [-0.4, -0.2) is 33.1 Å². The molecule has 0 aliphatic carbocycles. The lowest BCUT2D eigenvalue weighted by molar-refractivity contribution is -0.385. The summed E-state index contributed by atoms with van der Waals surface area (Å²) in [5.41, 5.74) is 0.0289. The smallest absolute Gasteiger partial charge is 0.284 e. The number of benzene rings is 1. The number of amides is 1. The number of nitrogens with one attached hydrogen (secondary N) is 1. The number of nitrogens with zero attached hydrogens (tertiary/aromatic N) is 1. The third kappa shape index (κ3) is 4.39. The molecule has 1 aromatic rings. The van der Waals surface area contributed by atoms with Crippen molar-refractivity contribution in [3.8, 4) is 0 Å². The van der Waals surface area contributed by atoms with Gasteiger partial charge in [0.1, 0.15) is 4.47 Å². The predicted octanol–water partition coefficient (Wildman–Crippen LogP) is 1.86. The SMILES string of the molecule is CCS(=O)CCNC(=O)c1cccc([N+](=O)[O-])c1Br. The van der Waals surface area contributed by atoms with Crippen LogP contribution in [0.25, 0.3) is 0 Å². The van der Waals surface area contributed by atoms with Crippen LogP contribution < -0.4 is 5.32 Å². The monoisotopic (exact) mass is 348 g/mol. The summed E-state index contributed by atoms with van der Waals surface area (Å²) in [5, 5.41) is 13.3. The molecule has 0 aliphatic rings. The van der Waals surface area contributed by atoms with E-state index in [1.165, 1.54) is 18.2 Å². The number of rotatable bonds is 6. The highest BCUT2D eigenvalue weighted by atomic mass is 79.9. The van der Waals surface area contributed by atoms with E-state index in [1.807, 2.05) is 0 Å². The van der Waals surface area contributed by atoms with E-state index in [-0.39, 0.29) is 22.3 Å². The van der Waals surface area contributed by atoms with Gasteiger partial charge in [0.2, 0.25) is 0 Å². The topological polar surface area (TPSA) is 89.3 Å². The first-order chi connectivity index (χ1) is 8.97. The third-order valence-corrected chi connectivity index (χ3v) is 4.49. The summed E-state index contributed by atoms with van der Waals surface area (Å²) in [5.74, 6) is 0.481. The number of nitro benzene ring substituents is 1. The molecule has 1 atom stereocenters. The van der Waals surface area contributed by atoms with Gasteiger partial charge < -0.3 is 5.32 Å². The minimum atomic E-state index is -0.952. The molecule has 19 heavy (non-hydrogen) atoms. The summed E-state index contributed by atoms with van der Waals surface area (Å²) in [6.07, 6.45) is 0. The maximum absolute atomic E-state index is 11.8. The van der Waals surface area contributed by atoms with Gasteiger partial charge in [0.15, 0.2) is 0 Å². The lowest BCUT2D eigenvalue weighted by Gasteiger charge is -2.06. The molecule has 0 saturated heterocycles. The Labute approximate surface area is 121 Å². The van der Waals surface area contributed by atoms with Crippen LogP contribution in [0, 0.1) is 10.1 Å². The minimum absolute atomic E-state index is 0.147. The highest BCUT2D eigenvalue weighted by Gasteiger charge is 2.19. The summed E-state index contributed by atoms with van der Waals surface area (Å²) in [7, 11) is -0.952.